The van der Waals surface area contributed by atoms with Gasteiger partial charge in [0.2, 0.25) is 5.91 Å². The van der Waals surface area contributed by atoms with E-state index in [0.717, 1.165) is 5.56 Å². The molecule has 0 bridgehead atoms. The van der Waals surface area contributed by atoms with E-state index >= 15 is 0 Å². The van der Waals surface area contributed by atoms with Crippen LogP contribution in [0.25, 0.3) is 0 Å². The average molecular weight is 303 g/mol. The van der Waals surface area contributed by atoms with Crippen molar-refractivity contribution in [2.24, 2.45) is 0 Å². The Balaban J connectivity index is 2.07. The van der Waals surface area contributed by atoms with Crippen LogP contribution < -0.4 is 0 Å². The maximum atomic E-state index is 12.5. The van der Waals surface area contributed by atoms with Gasteiger partial charge in [0.05, 0.1) is 6.61 Å². The van der Waals surface area contributed by atoms with Crippen molar-refractivity contribution >= 4 is 5.91 Å². The molecule has 7 heteroatoms. The summed E-state index contributed by atoms with van der Waals surface area (Å²) < 4.78 is 1.52. The smallest absolute Gasteiger partial charge is 0.244 e. The molecule has 0 atom stereocenters. The summed E-state index contributed by atoms with van der Waals surface area (Å²) in [4.78, 5) is 14.1. The molecule has 118 valence electrons. The Bertz CT molecular complexity index is 597. The number of nitrogens with zero attached hydrogens (tertiary/aromatic N) is 5. The van der Waals surface area contributed by atoms with Gasteiger partial charge in [-0.15, -0.1) is 5.10 Å². The van der Waals surface area contributed by atoms with Gasteiger partial charge in [0.25, 0.3) is 0 Å². The minimum absolute atomic E-state index is 0.0767. The number of hydrogen-bond donors (Lipinski definition) is 1. The second kappa shape index (κ2) is 7.65. The van der Waals surface area contributed by atoms with Gasteiger partial charge in [-0.25, -0.2) is 4.68 Å². The van der Waals surface area contributed by atoms with Crippen LogP contribution in [0.2, 0.25) is 0 Å². The third-order valence-corrected chi connectivity index (χ3v) is 3.30. The van der Waals surface area contributed by atoms with Gasteiger partial charge in [-0.05, 0) is 16.0 Å². The molecule has 1 aromatic heterocycles. The number of carbonyl (C=O) groups excluding carboxylic acids is 1. The number of carbonyl (C=O) groups is 1. The summed E-state index contributed by atoms with van der Waals surface area (Å²) in [5.74, 6) is 0.701. The van der Waals surface area contributed by atoms with Crippen LogP contribution in [-0.2, 0) is 17.9 Å². The van der Waals surface area contributed by atoms with Crippen LogP contribution in [0.15, 0.2) is 30.3 Å². The highest BCUT2D eigenvalue weighted by molar-refractivity contribution is 5.76. The third kappa shape index (κ3) is 4.11. The van der Waals surface area contributed by atoms with Gasteiger partial charge < -0.3 is 10.0 Å². The SMILES string of the molecule is CC(C)c1nnnn1CC(=O)N(CCO)Cc1ccccc1. The molecule has 1 amide bonds. The van der Waals surface area contributed by atoms with Gasteiger partial charge in [0.1, 0.15) is 6.54 Å². The lowest BCUT2D eigenvalue weighted by Crippen LogP contribution is -2.36. The van der Waals surface area contributed by atoms with Crippen molar-refractivity contribution in [3.63, 3.8) is 0 Å². The summed E-state index contributed by atoms with van der Waals surface area (Å²) in [6.07, 6.45) is 0. The summed E-state index contributed by atoms with van der Waals surface area (Å²) in [5.41, 5.74) is 1.02. The molecule has 0 aliphatic carbocycles. The number of aliphatic hydroxyl groups excluding tert-OH is 1. The fraction of sp³-hybridized carbons (Fsp3) is 0.467. The van der Waals surface area contributed by atoms with Crippen LogP contribution in [0.3, 0.4) is 0 Å². The van der Waals surface area contributed by atoms with E-state index in [1.807, 2.05) is 44.2 Å². The lowest BCUT2D eigenvalue weighted by Gasteiger charge is -2.22. The molecule has 22 heavy (non-hydrogen) atoms. The number of tetrazole rings is 1. The van der Waals surface area contributed by atoms with E-state index in [4.69, 9.17) is 0 Å². The van der Waals surface area contributed by atoms with Gasteiger partial charge in [-0.2, -0.15) is 0 Å². The van der Waals surface area contributed by atoms with E-state index in [9.17, 15) is 9.90 Å². The molecule has 1 N–H and O–H groups in total. The Morgan fingerprint density at radius 3 is 2.68 bits per heavy atom. The summed E-state index contributed by atoms with van der Waals surface area (Å²) in [5, 5.41) is 20.6. The highest BCUT2D eigenvalue weighted by Gasteiger charge is 2.18. The zero-order valence-corrected chi connectivity index (χ0v) is 12.9. The van der Waals surface area contributed by atoms with Gasteiger partial charge >= 0.3 is 0 Å². The number of rotatable bonds is 7. The van der Waals surface area contributed by atoms with Crippen molar-refractivity contribution in [3.05, 3.63) is 41.7 Å². The zero-order valence-electron chi connectivity index (χ0n) is 12.9. The van der Waals surface area contributed by atoms with E-state index < -0.39 is 0 Å². The number of amides is 1. The summed E-state index contributed by atoms with van der Waals surface area (Å²) in [7, 11) is 0. The van der Waals surface area contributed by atoms with Crippen molar-refractivity contribution in [3.8, 4) is 0 Å². The zero-order chi connectivity index (χ0) is 15.9. The fourth-order valence-electron chi connectivity index (χ4n) is 2.18. The van der Waals surface area contributed by atoms with Gasteiger partial charge in [0.15, 0.2) is 5.82 Å². The second-order valence-electron chi connectivity index (χ2n) is 5.37. The van der Waals surface area contributed by atoms with Gasteiger partial charge in [0, 0.05) is 19.0 Å². The average Bonchev–Trinajstić information content (AvgIpc) is 2.96. The molecule has 2 rings (SSSR count). The number of benzene rings is 1. The van der Waals surface area contributed by atoms with Crippen molar-refractivity contribution < 1.29 is 9.90 Å². The van der Waals surface area contributed by atoms with Crippen LogP contribution in [0.1, 0.15) is 31.2 Å². The topological polar surface area (TPSA) is 84.1 Å². The molecule has 0 saturated heterocycles. The first-order valence-corrected chi connectivity index (χ1v) is 7.30. The quantitative estimate of drug-likeness (QED) is 0.818. The van der Waals surface area contributed by atoms with E-state index in [2.05, 4.69) is 15.5 Å². The maximum absolute atomic E-state index is 12.5. The third-order valence-electron chi connectivity index (χ3n) is 3.30. The summed E-state index contributed by atoms with van der Waals surface area (Å²) in [6.45, 7) is 4.69. The number of aliphatic hydroxyl groups is 1. The van der Waals surface area contributed by atoms with E-state index in [1.165, 1.54) is 4.68 Å². The number of hydrogen-bond acceptors (Lipinski definition) is 5. The molecule has 7 nitrogen and oxygen atoms in total. The lowest BCUT2D eigenvalue weighted by molar-refractivity contribution is -0.133. The van der Waals surface area contributed by atoms with Crippen LogP contribution in [0, 0.1) is 0 Å². The Labute approximate surface area is 129 Å². The fourth-order valence-corrected chi connectivity index (χ4v) is 2.18. The van der Waals surface area contributed by atoms with Crippen LogP contribution in [0.5, 0.6) is 0 Å². The molecular weight excluding hydrogens is 282 g/mol. The second-order valence-corrected chi connectivity index (χ2v) is 5.37. The van der Waals surface area contributed by atoms with Gasteiger partial charge in [-0.3, -0.25) is 4.79 Å². The Hall–Kier alpha value is -2.28. The summed E-state index contributed by atoms with van der Waals surface area (Å²) >= 11 is 0. The minimum atomic E-state index is -0.118. The molecule has 0 aliphatic heterocycles. The van der Waals surface area contributed by atoms with E-state index in [-0.39, 0.29) is 31.5 Å². The lowest BCUT2D eigenvalue weighted by atomic mass is 10.2. The molecule has 1 aromatic carbocycles. The molecule has 0 radical (unpaired) electrons. The normalized spacial score (nSPS) is 10.9. The first kappa shape index (κ1) is 16.1. The highest BCUT2D eigenvalue weighted by Crippen LogP contribution is 2.10. The predicted molar refractivity (Wildman–Crippen MR) is 80.9 cm³/mol. The Morgan fingerprint density at radius 2 is 2.05 bits per heavy atom. The molecule has 2 aromatic rings. The largest absolute Gasteiger partial charge is 0.395 e. The Kier molecular flexibility index (Phi) is 5.60. The highest BCUT2D eigenvalue weighted by atomic mass is 16.3. The van der Waals surface area contributed by atoms with Crippen LogP contribution in [-0.4, -0.2) is 49.3 Å². The standard InChI is InChI=1S/C15H21N5O2/c1-12(2)15-16-17-18-20(15)11-14(22)19(8-9-21)10-13-6-4-3-5-7-13/h3-7,12,21H,8-11H2,1-2H3. The van der Waals surface area contributed by atoms with E-state index in [0.29, 0.717) is 12.4 Å². The molecule has 0 fully saturated rings. The van der Waals surface area contributed by atoms with Crippen molar-refractivity contribution in [2.45, 2.75) is 32.9 Å². The van der Waals surface area contributed by atoms with Gasteiger partial charge in [-0.1, -0.05) is 44.2 Å². The molecule has 1 heterocycles. The molecule has 0 saturated carbocycles. The Morgan fingerprint density at radius 1 is 1.32 bits per heavy atom. The van der Waals surface area contributed by atoms with Crippen LogP contribution in [0.4, 0.5) is 0 Å². The molecule has 0 unspecified atom stereocenters. The van der Waals surface area contributed by atoms with Crippen LogP contribution >= 0.6 is 0 Å². The van der Waals surface area contributed by atoms with Crippen molar-refractivity contribution in [1.82, 2.24) is 25.1 Å². The summed E-state index contributed by atoms with van der Waals surface area (Å²) in [6, 6.07) is 9.68. The predicted octanol–water partition coefficient (Wildman–Crippen LogP) is 0.818. The van der Waals surface area contributed by atoms with E-state index in [1.54, 1.807) is 4.90 Å². The van der Waals surface area contributed by atoms with Crippen molar-refractivity contribution in [1.29, 1.82) is 0 Å². The first-order valence-electron chi connectivity index (χ1n) is 7.30. The number of aromatic nitrogens is 4. The molecule has 0 aliphatic rings. The van der Waals surface area contributed by atoms with Crippen molar-refractivity contribution in [2.75, 3.05) is 13.2 Å². The monoisotopic (exact) mass is 303 g/mol. The first-order chi connectivity index (χ1) is 10.6. The molecular formula is C15H21N5O2. The molecule has 0 spiro atoms. The maximum Gasteiger partial charge on any atom is 0.244 e. The minimum Gasteiger partial charge on any atom is -0.395 e.